The zero-order chi connectivity index (χ0) is 12.1. The van der Waals surface area contributed by atoms with E-state index >= 15 is 0 Å². The summed E-state index contributed by atoms with van der Waals surface area (Å²) in [5.41, 5.74) is -0.776. The van der Waals surface area contributed by atoms with Gasteiger partial charge in [0.1, 0.15) is 0 Å². The molecule has 0 nitrogen and oxygen atoms in total. The number of halogens is 6. The number of hydrogen-bond donors (Lipinski definition) is 0. The Labute approximate surface area is 126 Å². The zero-order valence-electron chi connectivity index (χ0n) is 8.41. The SMILES string of the molecule is ClCC1(CCl)[C@@H]2C[C@H](Cl)C1(CCl)[C@H](Cl)[C@H]2Cl. The number of fused-ring (bicyclic) bond motifs is 2. The van der Waals surface area contributed by atoms with Crippen LogP contribution in [0.15, 0.2) is 0 Å². The van der Waals surface area contributed by atoms with Crippen LogP contribution in [-0.4, -0.2) is 33.8 Å². The summed E-state index contributed by atoms with van der Waals surface area (Å²) in [4.78, 5) is 0. The van der Waals surface area contributed by atoms with Crippen LogP contribution in [0.2, 0.25) is 0 Å². The molecule has 0 aromatic carbocycles. The highest BCUT2D eigenvalue weighted by molar-refractivity contribution is 6.34. The fourth-order valence-electron chi connectivity index (χ4n) is 3.46. The van der Waals surface area contributed by atoms with Gasteiger partial charge in [0.15, 0.2) is 0 Å². The van der Waals surface area contributed by atoms with Gasteiger partial charge in [-0.15, -0.1) is 69.6 Å². The van der Waals surface area contributed by atoms with E-state index in [9.17, 15) is 0 Å². The predicted octanol–water partition coefficient (Wildman–Crippen LogP) is 4.53. The standard InChI is InChI=1S/C10H12Cl6/c11-2-9(3-12)5-1-6(14)10(9,4-13)8(16)7(5)15/h5-8H,1-4H2/t5-,6+,7+,8-,10?/m1/s1. The molecule has 0 spiro atoms. The summed E-state index contributed by atoms with van der Waals surface area (Å²) in [6, 6.07) is 0. The molecule has 1 unspecified atom stereocenters. The number of hydrogen-bond acceptors (Lipinski definition) is 0. The van der Waals surface area contributed by atoms with Gasteiger partial charge in [0, 0.05) is 33.8 Å². The van der Waals surface area contributed by atoms with E-state index in [1.54, 1.807) is 0 Å². The Balaban J connectivity index is 2.54. The minimum atomic E-state index is -0.446. The fraction of sp³-hybridized carbons (Fsp3) is 1.00. The smallest absolute Gasteiger partial charge is 0.0590 e. The van der Waals surface area contributed by atoms with Crippen molar-refractivity contribution in [2.24, 2.45) is 16.7 Å². The first-order valence-corrected chi connectivity index (χ1v) is 8.03. The Morgan fingerprint density at radius 2 is 1.50 bits per heavy atom. The lowest BCUT2D eigenvalue weighted by Gasteiger charge is -2.43. The van der Waals surface area contributed by atoms with Gasteiger partial charge in [-0.1, -0.05) is 0 Å². The molecule has 2 fully saturated rings. The van der Waals surface area contributed by atoms with Crippen LogP contribution in [0.1, 0.15) is 6.42 Å². The molecule has 0 heterocycles. The van der Waals surface area contributed by atoms with Crippen LogP contribution in [0.4, 0.5) is 0 Å². The second-order valence-corrected chi connectivity index (χ2v) is 7.06. The Morgan fingerprint density at radius 1 is 0.938 bits per heavy atom. The highest BCUT2D eigenvalue weighted by Gasteiger charge is 2.74. The van der Waals surface area contributed by atoms with Crippen molar-refractivity contribution in [1.82, 2.24) is 0 Å². The molecule has 2 bridgehead atoms. The number of alkyl halides is 6. The second-order valence-electron chi connectivity index (χ2n) is 4.75. The molecule has 2 rings (SSSR count). The summed E-state index contributed by atoms with van der Waals surface area (Å²) in [5.74, 6) is 1.33. The van der Waals surface area contributed by atoms with Crippen LogP contribution >= 0.6 is 69.6 Å². The van der Waals surface area contributed by atoms with Gasteiger partial charge in [0.05, 0.1) is 10.8 Å². The van der Waals surface area contributed by atoms with E-state index in [1.807, 2.05) is 0 Å². The zero-order valence-corrected chi connectivity index (χ0v) is 12.9. The quantitative estimate of drug-likeness (QED) is 0.660. The highest BCUT2D eigenvalue weighted by atomic mass is 35.5. The van der Waals surface area contributed by atoms with Crippen LogP contribution in [0.3, 0.4) is 0 Å². The summed E-state index contributed by atoms with van der Waals surface area (Å²) in [7, 11) is 0. The molecule has 0 radical (unpaired) electrons. The summed E-state index contributed by atoms with van der Waals surface area (Å²) in [5, 5.41) is -0.497. The maximum absolute atomic E-state index is 6.43. The topological polar surface area (TPSA) is 0 Å². The summed E-state index contributed by atoms with van der Waals surface area (Å²) in [6.07, 6.45) is 0.797. The van der Waals surface area contributed by atoms with Gasteiger partial charge < -0.3 is 0 Å². The Morgan fingerprint density at radius 3 is 1.88 bits per heavy atom. The van der Waals surface area contributed by atoms with Crippen molar-refractivity contribution in [3.63, 3.8) is 0 Å². The molecular weight excluding hydrogens is 333 g/mol. The molecule has 0 aliphatic heterocycles. The van der Waals surface area contributed by atoms with E-state index < -0.39 is 5.41 Å². The van der Waals surface area contributed by atoms with Crippen molar-refractivity contribution >= 4 is 69.6 Å². The molecule has 94 valence electrons. The van der Waals surface area contributed by atoms with Crippen molar-refractivity contribution in [2.45, 2.75) is 22.6 Å². The molecule has 0 aromatic rings. The van der Waals surface area contributed by atoms with Crippen molar-refractivity contribution in [2.75, 3.05) is 17.6 Å². The molecule has 0 amide bonds. The predicted molar refractivity (Wildman–Crippen MR) is 74.1 cm³/mol. The molecule has 2 aliphatic rings. The minimum absolute atomic E-state index is 0.0926. The molecule has 2 aliphatic carbocycles. The fourth-order valence-corrected chi connectivity index (χ4v) is 7.29. The third-order valence-electron chi connectivity index (χ3n) is 4.51. The Kier molecular flexibility index (Phi) is 4.15. The van der Waals surface area contributed by atoms with Crippen LogP contribution in [0.25, 0.3) is 0 Å². The van der Waals surface area contributed by atoms with Crippen molar-refractivity contribution < 1.29 is 0 Å². The van der Waals surface area contributed by atoms with Gasteiger partial charge in [0.2, 0.25) is 0 Å². The van der Waals surface area contributed by atoms with Gasteiger partial charge in [-0.25, -0.2) is 0 Å². The van der Waals surface area contributed by atoms with Crippen molar-refractivity contribution in [3.8, 4) is 0 Å². The van der Waals surface area contributed by atoms with Crippen molar-refractivity contribution in [3.05, 3.63) is 0 Å². The van der Waals surface area contributed by atoms with E-state index in [4.69, 9.17) is 69.6 Å². The van der Waals surface area contributed by atoms with Gasteiger partial charge in [-0.05, 0) is 12.3 Å². The van der Waals surface area contributed by atoms with Crippen LogP contribution in [-0.2, 0) is 0 Å². The maximum Gasteiger partial charge on any atom is 0.0590 e. The van der Waals surface area contributed by atoms with Crippen LogP contribution < -0.4 is 0 Å². The average Bonchev–Trinajstić information content (AvgIpc) is 2.65. The average molecular weight is 345 g/mol. The van der Waals surface area contributed by atoms with Crippen LogP contribution in [0, 0.1) is 16.7 Å². The van der Waals surface area contributed by atoms with E-state index in [0.717, 1.165) is 6.42 Å². The first kappa shape index (κ1) is 14.2. The monoisotopic (exact) mass is 342 g/mol. The van der Waals surface area contributed by atoms with Gasteiger partial charge in [0.25, 0.3) is 0 Å². The first-order valence-electron chi connectivity index (χ1n) is 5.12. The molecule has 2 saturated carbocycles. The van der Waals surface area contributed by atoms with E-state index in [-0.39, 0.29) is 27.5 Å². The molecule has 0 N–H and O–H groups in total. The minimum Gasteiger partial charge on any atom is -0.126 e. The molecule has 16 heavy (non-hydrogen) atoms. The van der Waals surface area contributed by atoms with E-state index in [1.165, 1.54) is 0 Å². The Bertz CT molecular complexity index is 278. The highest BCUT2D eigenvalue weighted by Crippen LogP contribution is 2.71. The lowest BCUT2D eigenvalue weighted by molar-refractivity contribution is 0.170. The lowest BCUT2D eigenvalue weighted by atomic mass is 9.70. The van der Waals surface area contributed by atoms with Crippen molar-refractivity contribution in [1.29, 1.82) is 0 Å². The summed E-state index contributed by atoms with van der Waals surface area (Å²) >= 11 is 37.6. The summed E-state index contributed by atoms with van der Waals surface area (Å²) < 4.78 is 0. The third-order valence-corrected chi connectivity index (χ3v) is 7.82. The van der Waals surface area contributed by atoms with Gasteiger partial charge in [-0.3, -0.25) is 0 Å². The molecule has 6 heteroatoms. The largest absolute Gasteiger partial charge is 0.126 e. The molecule has 0 aromatic heterocycles. The maximum atomic E-state index is 6.43. The Hall–Kier alpha value is 1.74. The van der Waals surface area contributed by atoms with E-state index in [0.29, 0.717) is 17.6 Å². The summed E-state index contributed by atoms with van der Waals surface area (Å²) in [6.45, 7) is 0. The normalized spacial score (nSPS) is 49.9. The second kappa shape index (κ2) is 4.69. The van der Waals surface area contributed by atoms with Gasteiger partial charge in [-0.2, -0.15) is 0 Å². The van der Waals surface area contributed by atoms with Crippen LogP contribution in [0.5, 0.6) is 0 Å². The molecule has 5 atom stereocenters. The number of rotatable bonds is 3. The third kappa shape index (κ3) is 1.38. The molecule has 0 saturated heterocycles. The van der Waals surface area contributed by atoms with Gasteiger partial charge >= 0.3 is 0 Å². The lowest BCUT2D eigenvalue weighted by Crippen LogP contribution is -2.49. The first-order chi connectivity index (χ1) is 7.51. The van der Waals surface area contributed by atoms with E-state index in [2.05, 4.69) is 0 Å². The molecular formula is C10H12Cl6.